The first-order valence-electron chi connectivity index (χ1n) is 13.4. The number of imide groups is 1. The minimum atomic E-state index is -1.13. The summed E-state index contributed by atoms with van der Waals surface area (Å²) in [5, 5.41) is 0.423. The Labute approximate surface area is 225 Å². The van der Waals surface area contributed by atoms with Gasteiger partial charge in [0.1, 0.15) is 6.61 Å². The number of amides is 2. The molecule has 222 valence electrons. The van der Waals surface area contributed by atoms with Crippen molar-refractivity contribution in [1.29, 1.82) is 0 Å². The molecule has 0 saturated carbocycles. The van der Waals surface area contributed by atoms with Gasteiger partial charge in [0.2, 0.25) is 0 Å². The minimum Gasteiger partial charge on any atom is -0.430 e. The molecule has 0 N–H and O–H groups in total. The lowest BCUT2D eigenvalue weighted by atomic mass is 10.2. The lowest BCUT2D eigenvalue weighted by Gasteiger charge is -2.12. The van der Waals surface area contributed by atoms with E-state index in [1.165, 1.54) is 19.3 Å². The standard InChI is InChI=1S/C25H45NO12/c1-2-3-4-5-8-30-9-10-31-11-12-32-13-14-33-15-16-34-17-18-35-19-20-36-21-22-37-25(29)38-26-23(27)6-7-24(26)28/h2-22H2,1H3. The second kappa shape index (κ2) is 25.4. The van der Waals surface area contributed by atoms with Crippen molar-refractivity contribution in [3.05, 3.63) is 0 Å². The third-order valence-electron chi connectivity index (χ3n) is 4.99. The van der Waals surface area contributed by atoms with Crippen LogP contribution in [0.2, 0.25) is 0 Å². The Kier molecular flexibility index (Phi) is 22.8. The highest BCUT2D eigenvalue weighted by molar-refractivity contribution is 6.01. The number of carbonyl (C=O) groups is 3. The Morgan fingerprint density at radius 3 is 1.32 bits per heavy atom. The molecule has 0 aliphatic carbocycles. The molecule has 1 heterocycles. The molecule has 1 aliphatic heterocycles. The van der Waals surface area contributed by atoms with Gasteiger partial charge >= 0.3 is 6.16 Å². The molecule has 13 heteroatoms. The third-order valence-corrected chi connectivity index (χ3v) is 4.99. The van der Waals surface area contributed by atoms with Crippen molar-refractivity contribution in [2.45, 2.75) is 45.4 Å². The summed E-state index contributed by atoms with van der Waals surface area (Å²) in [6, 6.07) is 0. The van der Waals surface area contributed by atoms with Crippen LogP contribution in [0, 0.1) is 0 Å². The van der Waals surface area contributed by atoms with E-state index < -0.39 is 18.0 Å². The number of hydroxylamine groups is 2. The van der Waals surface area contributed by atoms with Crippen LogP contribution in [0.25, 0.3) is 0 Å². The molecule has 38 heavy (non-hydrogen) atoms. The van der Waals surface area contributed by atoms with Crippen LogP contribution in [0.4, 0.5) is 4.79 Å². The topological polar surface area (TPSA) is 138 Å². The van der Waals surface area contributed by atoms with Crippen LogP contribution in [-0.2, 0) is 52.3 Å². The monoisotopic (exact) mass is 551 g/mol. The van der Waals surface area contributed by atoms with Crippen molar-refractivity contribution in [3.63, 3.8) is 0 Å². The molecular formula is C25H45NO12. The lowest BCUT2D eigenvalue weighted by Crippen LogP contribution is -2.32. The zero-order chi connectivity index (χ0) is 27.5. The third kappa shape index (κ3) is 20.1. The average molecular weight is 552 g/mol. The molecule has 0 spiro atoms. The predicted molar refractivity (Wildman–Crippen MR) is 133 cm³/mol. The van der Waals surface area contributed by atoms with E-state index in [1.807, 2.05) is 0 Å². The number of carbonyl (C=O) groups excluding carboxylic acids is 3. The van der Waals surface area contributed by atoms with Crippen LogP contribution < -0.4 is 0 Å². The summed E-state index contributed by atoms with van der Waals surface area (Å²) in [5.74, 6) is -1.13. The van der Waals surface area contributed by atoms with Crippen molar-refractivity contribution in [2.24, 2.45) is 0 Å². The zero-order valence-electron chi connectivity index (χ0n) is 22.7. The van der Waals surface area contributed by atoms with Crippen molar-refractivity contribution >= 4 is 18.0 Å². The van der Waals surface area contributed by atoms with Gasteiger partial charge in [0.05, 0.1) is 85.9 Å². The maximum Gasteiger partial charge on any atom is 0.534 e. The van der Waals surface area contributed by atoms with Crippen LogP contribution in [0.3, 0.4) is 0 Å². The fraction of sp³-hybridized carbons (Fsp3) is 0.880. The summed E-state index contributed by atoms with van der Waals surface area (Å²) in [4.78, 5) is 38.6. The Balaban J connectivity index is 1.69. The van der Waals surface area contributed by atoms with Gasteiger partial charge in [-0.1, -0.05) is 31.2 Å². The maximum absolute atomic E-state index is 11.4. The van der Waals surface area contributed by atoms with Crippen LogP contribution >= 0.6 is 0 Å². The van der Waals surface area contributed by atoms with E-state index >= 15 is 0 Å². The first-order chi connectivity index (χ1) is 18.6. The Morgan fingerprint density at radius 1 is 0.553 bits per heavy atom. The van der Waals surface area contributed by atoms with Gasteiger partial charge in [0.25, 0.3) is 11.8 Å². The van der Waals surface area contributed by atoms with Crippen LogP contribution in [0.15, 0.2) is 0 Å². The van der Waals surface area contributed by atoms with Crippen LogP contribution in [-0.4, -0.2) is 122 Å². The molecule has 13 nitrogen and oxygen atoms in total. The fourth-order valence-electron chi connectivity index (χ4n) is 3.00. The molecule has 0 atom stereocenters. The highest BCUT2D eigenvalue weighted by Gasteiger charge is 2.33. The Hall–Kier alpha value is -1.87. The van der Waals surface area contributed by atoms with Gasteiger partial charge in [-0.2, -0.15) is 0 Å². The summed E-state index contributed by atoms with van der Waals surface area (Å²) >= 11 is 0. The summed E-state index contributed by atoms with van der Waals surface area (Å²) in [5.41, 5.74) is 0. The van der Waals surface area contributed by atoms with Gasteiger partial charge in [-0.15, -0.1) is 0 Å². The molecule has 2 amide bonds. The van der Waals surface area contributed by atoms with E-state index in [2.05, 4.69) is 11.8 Å². The van der Waals surface area contributed by atoms with E-state index in [4.69, 9.17) is 37.9 Å². The SMILES string of the molecule is CCCCCCOCCOCCOCCOCCOCCOCCOCCOC(=O)ON1C(=O)CCC1=O. The van der Waals surface area contributed by atoms with Gasteiger partial charge in [0, 0.05) is 19.4 Å². The first-order valence-corrected chi connectivity index (χ1v) is 13.4. The number of nitrogens with zero attached hydrogens (tertiary/aromatic N) is 1. The quantitative estimate of drug-likeness (QED) is 0.0837. The molecule has 0 aromatic rings. The first kappa shape index (κ1) is 34.2. The van der Waals surface area contributed by atoms with Gasteiger partial charge in [-0.3, -0.25) is 14.4 Å². The van der Waals surface area contributed by atoms with E-state index in [-0.39, 0.29) is 26.1 Å². The summed E-state index contributed by atoms with van der Waals surface area (Å²) < 4.78 is 42.6. The average Bonchev–Trinajstić information content (AvgIpc) is 3.22. The zero-order valence-corrected chi connectivity index (χ0v) is 22.7. The molecule has 0 radical (unpaired) electrons. The second-order valence-corrected chi connectivity index (χ2v) is 8.12. The maximum atomic E-state index is 11.4. The minimum absolute atomic E-state index is 0.0245. The number of rotatable bonds is 27. The molecule has 1 fully saturated rings. The number of hydrogen-bond donors (Lipinski definition) is 0. The number of unbranched alkanes of at least 4 members (excludes halogenated alkanes) is 3. The van der Waals surface area contributed by atoms with Crippen LogP contribution in [0.1, 0.15) is 45.4 Å². The van der Waals surface area contributed by atoms with E-state index in [1.54, 1.807) is 0 Å². The van der Waals surface area contributed by atoms with Crippen molar-refractivity contribution in [1.82, 2.24) is 5.06 Å². The van der Waals surface area contributed by atoms with Crippen molar-refractivity contribution in [2.75, 3.05) is 99.1 Å². The van der Waals surface area contributed by atoms with E-state index in [0.717, 1.165) is 13.0 Å². The van der Waals surface area contributed by atoms with Gasteiger partial charge in [-0.25, -0.2) is 4.79 Å². The molecule has 1 rings (SSSR count). The summed E-state index contributed by atoms with van der Waals surface area (Å²) in [6.07, 6.45) is 3.76. The van der Waals surface area contributed by atoms with Crippen molar-refractivity contribution in [3.8, 4) is 0 Å². The molecule has 1 aliphatic rings. The Bertz CT molecular complexity index is 591. The van der Waals surface area contributed by atoms with E-state index in [0.29, 0.717) is 84.3 Å². The largest absolute Gasteiger partial charge is 0.534 e. The summed E-state index contributed by atoms with van der Waals surface area (Å²) in [6.45, 7) is 8.77. The highest BCUT2D eigenvalue weighted by Crippen LogP contribution is 2.12. The molecule has 0 unspecified atom stereocenters. The highest BCUT2D eigenvalue weighted by atomic mass is 16.8. The number of hydrogen-bond acceptors (Lipinski definition) is 12. The number of ether oxygens (including phenoxy) is 8. The van der Waals surface area contributed by atoms with Crippen molar-refractivity contribution < 1.29 is 57.1 Å². The van der Waals surface area contributed by atoms with Gasteiger partial charge < -0.3 is 37.9 Å². The second-order valence-electron chi connectivity index (χ2n) is 8.12. The molecule has 0 bridgehead atoms. The molecule has 0 aromatic heterocycles. The fourth-order valence-corrected chi connectivity index (χ4v) is 3.00. The predicted octanol–water partition coefficient (Wildman–Crippen LogP) is 1.90. The smallest absolute Gasteiger partial charge is 0.430 e. The lowest BCUT2D eigenvalue weighted by molar-refractivity contribution is -0.177. The summed E-state index contributed by atoms with van der Waals surface area (Å²) in [7, 11) is 0. The van der Waals surface area contributed by atoms with Gasteiger partial charge in [-0.05, 0) is 6.42 Å². The normalized spacial score (nSPS) is 13.4. The Morgan fingerprint density at radius 2 is 0.921 bits per heavy atom. The molecule has 1 saturated heterocycles. The molecule has 0 aromatic carbocycles. The molecular weight excluding hydrogens is 506 g/mol. The van der Waals surface area contributed by atoms with Gasteiger partial charge in [0.15, 0.2) is 0 Å². The van der Waals surface area contributed by atoms with E-state index in [9.17, 15) is 14.4 Å². The van der Waals surface area contributed by atoms with Crippen LogP contribution in [0.5, 0.6) is 0 Å².